The number of nitrogens with one attached hydrogen (secondary N) is 1. The van der Waals surface area contributed by atoms with E-state index in [0.717, 1.165) is 22.0 Å². The van der Waals surface area contributed by atoms with E-state index in [4.69, 9.17) is 27.9 Å². The van der Waals surface area contributed by atoms with E-state index >= 15 is 0 Å². The lowest BCUT2D eigenvalue weighted by molar-refractivity contribution is 0.0962. The second kappa shape index (κ2) is 5.01. The monoisotopic (exact) mass is 285 g/mol. The van der Waals surface area contributed by atoms with Gasteiger partial charge in [-0.2, -0.15) is 0 Å². The van der Waals surface area contributed by atoms with Crippen LogP contribution in [0.3, 0.4) is 0 Å². The summed E-state index contributed by atoms with van der Waals surface area (Å²) in [6.07, 6.45) is 4.37. The molecule has 98 valence electrons. The van der Waals surface area contributed by atoms with Gasteiger partial charge in [0, 0.05) is 22.1 Å². The molecule has 2 saturated heterocycles. The van der Waals surface area contributed by atoms with Crippen LogP contribution in [0.25, 0.3) is 0 Å². The predicted molar refractivity (Wildman–Crippen MR) is 74.3 cm³/mol. The van der Waals surface area contributed by atoms with Crippen molar-refractivity contribution in [3.63, 3.8) is 0 Å². The lowest BCUT2D eigenvalue weighted by Crippen LogP contribution is -2.39. The number of rotatable bonds is 3. The molecular formula is C14H17Cl2NO. The van der Waals surface area contributed by atoms with Gasteiger partial charge in [-0.25, -0.2) is 0 Å². The first-order valence-electron chi connectivity index (χ1n) is 6.50. The lowest BCUT2D eigenvalue weighted by atomic mass is 9.94. The van der Waals surface area contributed by atoms with Crippen molar-refractivity contribution < 1.29 is 4.74 Å². The van der Waals surface area contributed by atoms with Crippen LogP contribution in [0.1, 0.15) is 37.8 Å². The molecular weight excluding hydrogens is 269 g/mol. The van der Waals surface area contributed by atoms with Crippen LogP contribution in [0, 0.1) is 0 Å². The number of halogens is 2. The summed E-state index contributed by atoms with van der Waals surface area (Å²) >= 11 is 12.3. The maximum Gasteiger partial charge on any atom is 0.0733 e. The average Bonchev–Trinajstić information content (AvgIpc) is 2.94. The number of fused-ring (bicyclic) bond motifs is 2. The first kappa shape index (κ1) is 12.7. The molecule has 0 spiro atoms. The Bertz CT molecular complexity index is 451. The minimum atomic E-state index is 0.198. The van der Waals surface area contributed by atoms with Crippen LogP contribution < -0.4 is 5.32 Å². The van der Waals surface area contributed by atoms with E-state index < -0.39 is 0 Å². The number of hydrogen-bond donors (Lipinski definition) is 1. The van der Waals surface area contributed by atoms with Gasteiger partial charge in [-0.15, -0.1) is 0 Å². The third kappa shape index (κ3) is 2.39. The van der Waals surface area contributed by atoms with Crippen LogP contribution >= 0.6 is 23.2 Å². The molecule has 0 aliphatic carbocycles. The van der Waals surface area contributed by atoms with Crippen molar-refractivity contribution >= 4 is 23.2 Å². The van der Waals surface area contributed by atoms with Crippen molar-refractivity contribution in [2.45, 2.75) is 50.5 Å². The third-order valence-corrected chi connectivity index (χ3v) is 4.57. The normalized spacial score (nSPS) is 31.8. The van der Waals surface area contributed by atoms with Crippen molar-refractivity contribution in [3.05, 3.63) is 33.8 Å². The number of ether oxygens (including phenoxy) is 1. The summed E-state index contributed by atoms with van der Waals surface area (Å²) in [6.45, 7) is 2.13. The second-order valence-corrected chi connectivity index (χ2v) is 6.11. The van der Waals surface area contributed by atoms with Gasteiger partial charge in [-0.3, -0.25) is 0 Å². The zero-order chi connectivity index (χ0) is 12.7. The molecule has 18 heavy (non-hydrogen) atoms. The Kier molecular flexibility index (Phi) is 3.55. The van der Waals surface area contributed by atoms with E-state index in [1.165, 1.54) is 12.8 Å². The first-order chi connectivity index (χ1) is 8.63. The highest BCUT2D eigenvalue weighted by Crippen LogP contribution is 2.36. The molecule has 0 amide bonds. The van der Waals surface area contributed by atoms with Crippen molar-refractivity contribution in [1.82, 2.24) is 5.32 Å². The fourth-order valence-electron chi connectivity index (χ4n) is 3.07. The summed E-state index contributed by atoms with van der Waals surface area (Å²) in [5, 5.41) is 5.12. The lowest BCUT2D eigenvalue weighted by Gasteiger charge is -2.25. The van der Waals surface area contributed by atoms with E-state index in [9.17, 15) is 0 Å². The quantitative estimate of drug-likeness (QED) is 0.908. The molecule has 4 atom stereocenters. The highest BCUT2D eigenvalue weighted by atomic mass is 35.5. The molecule has 1 aromatic rings. The van der Waals surface area contributed by atoms with E-state index in [0.29, 0.717) is 18.2 Å². The van der Waals surface area contributed by atoms with Crippen LogP contribution in [0.5, 0.6) is 0 Å². The molecule has 1 N–H and O–H groups in total. The Hall–Kier alpha value is -0.280. The molecule has 2 aliphatic heterocycles. The summed E-state index contributed by atoms with van der Waals surface area (Å²) in [6, 6.07) is 6.27. The van der Waals surface area contributed by atoms with Crippen LogP contribution in [-0.2, 0) is 4.74 Å². The number of benzene rings is 1. The van der Waals surface area contributed by atoms with Crippen molar-refractivity contribution in [1.29, 1.82) is 0 Å². The van der Waals surface area contributed by atoms with Crippen LogP contribution in [0.15, 0.2) is 18.2 Å². The smallest absolute Gasteiger partial charge is 0.0733 e. The van der Waals surface area contributed by atoms with Gasteiger partial charge in [0.2, 0.25) is 0 Å². The van der Waals surface area contributed by atoms with Crippen LogP contribution in [-0.4, -0.2) is 18.2 Å². The van der Waals surface area contributed by atoms with Gasteiger partial charge in [0.25, 0.3) is 0 Å². The van der Waals surface area contributed by atoms with E-state index in [1.54, 1.807) is 0 Å². The fraction of sp³-hybridized carbons (Fsp3) is 0.571. The number of hydrogen-bond acceptors (Lipinski definition) is 2. The maximum absolute atomic E-state index is 6.23. The minimum absolute atomic E-state index is 0.198. The van der Waals surface area contributed by atoms with Gasteiger partial charge in [0.15, 0.2) is 0 Å². The molecule has 2 aliphatic rings. The van der Waals surface area contributed by atoms with E-state index in [-0.39, 0.29) is 6.04 Å². The Morgan fingerprint density at radius 2 is 2.17 bits per heavy atom. The molecule has 4 heteroatoms. The van der Waals surface area contributed by atoms with Crippen molar-refractivity contribution in [2.24, 2.45) is 0 Å². The second-order valence-electron chi connectivity index (χ2n) is 5.27. The predicted octanol–water partition coefficient (Wildman–Crippen LogP) is 3.96. The minimum Gasteiger partial charge on any atom is -0.373 e. The summed E-state index contributed by atoms with van der Waals surface area (Å²) in [4.78, 5) is 0. The fourth-order valence-corrected chi connectivity index (χ4v) is 3.53. The van der Waals surface area contributed by atoms with Gasteiger partial charge in [0.05, 0.1) is 12.2 Å². The summed E-state index contributed by atoms with van der Waals surface area (Å²) < 4.78 is 5.85. The largest absolute Gasteiger partial charge is 0.373 e. The van der Waals surface area contributed by atoms with Crippen molar-refractivity contribution in [2.75, 3.05) is 0 Å². The SMILES string of the molecule is CC(NC1CC2CCC1O2)c1cc(Cl)ccc1Cl. The van der Waals surface area contributed by atoms with E-state index in [2.05, 4.69) is 12.2 Å². The van der Waals surface area contributed by atoms with Crippen LogP contribution in [0.2, 0.25) is 10.0 Å². The third-order valence-electron chi connectivity index (χ3n) is 3.99. The summed E-state index contributed by atoms with van der Waals surface area (Å²) in [7, 11) is 0. The molecule has 3 rings (SSSR count). The molecule has 2 nitrogen and oxygen atoms in total. The standard InChI is InChI=1S/C14H17Cl2NO/c1-8(11-6-9(15)2-4-12(11)16)17-13-7-10-3-5-14(13)18-10/h2,4,6,8,10,13-14,17H,3,5,7H2,1H3. The zero-order valence-corrected chi connectivity index (χ0v) is 11.8. The van der Waals surface area contributed by atoms with Gasteiger partial charge in [-0.1, -0.05) is 23.2 Å². The van der Waals surface area contributed by atoms with Crippen LogP contribution in [0.4, 0.5) is 0 Å². The molecule has 0 radical (unpaired) electrons. The van der Waals surface area contributed by atoms with Crippen molar-refractivity contribution in [3.8, 4) is 0 Å². The Labute approximate surface area is 118 Å². The zero-order valence-electron chi connectivity index (χ0n) is 10.3. The van der Waals surface area contributed by atoms with Gasteiger partial charge >= 0.3 is 0 Å². The molecule has 4 unspecified atom stereocenters. The maximum atomic E-state index is 6.23. The molecule has 0 aromatic heterocycles. The topological polar surface area (TPSA) is 21.3 Å². The molecule has 2 fully saturated rings. The van der Waals surface area contributed by atoms with Gasteiger partial charge in [0.1, 0.15) is 0 Å². The average molecular weight is 286 g/mol. The highest BCUT2D eigenvalue weighted by Gasteiger charge is 2.41. The summed E-state index contributed by atoms with van der Waals surface area (Å²) in [5.74, 6) is 0. The summed E-state index contributed by atoms with van der Waals surface area (Å²) in [5.41, 5.74) is 1.06. The molecule has 2 bridgehead atoms. The first-order valence-corrected chi connectivity index (χ1v) is 7.25. The van der Waals surface area contributed by atoms with Gasteiger partial charge < -0.3 is 10.1 Å². The molecule has 0 saturated carbocycles. The van der Waals surface area contributed by atoms with E-state index in [1.807, 2.05) is 18.2 Å². The molecule has 2 heterocycles. The Morgan fingerprint density at radius 1 is 1.33 bits per heavy atom. The highest BCUT2D eigenvalue weighted by molar-refractivity contribution is 6.33. The Balaban J connectivity index is 1.71. The van der Waals surface area contributed by atoms with Gasteiger partial charge in [-0.05, 0) is 49.9 Å². The Morgan fingerprint density at radius 3 is 2.83 bits per heavy atom. The molecule has 1 aromatic carbocycles.